The number of halogens is 3. The summed E-state index contributed by atoms with van der Waals surface area (Å²) in [4.78, 5) is 28.3. The Labute approximate surface area is 179 Å². The Kier molecular flexibility index (Phi) is 7.33. The lowest BCUT2D eigenvalue weighted by Gasteiger charge is -2.36. The van der Waals surface area contributed by atoms with Gasteiger partial charge in [-0.15, -0.1) is 0 Å². The van der Waals surface area contributed by atoms with E-state index in [1.165, 1.54) is 13.0 Å². The fourth-order valence-corrected chi connectivity index (χ4v) is 3.63. The highest BCUT2D eigenvalue weighted by molar-refractivity contribution is 5.88. The van der Waals surface area contributed by atoms with Crippen LogP contribution in [0.4, 0.5) is 18.9 Å². The smallest absolute Gasteiger partial charge is 0.369 e. The van der Waals surface area contributed by atoms with Crippen molar-refractivity contribution in [1.29, 1.82) is 0 Å². The largest absolute Gasteiger partial charge is 0.416 e. The number of anilines is 1. The summed E-state index contributed by atoms with van der Waals surface area (Å²) in [6.45, 7) is 3.75. The summed E-state index contributed by atoms with van der Waals surface area (Å²) in [6.07, 6.45) is -3.94. The van der Waals surface area contributed by atoms with Crippen molar-refractivity contribution in [2.45, 2.75) is 25.6 Å². The Bertz CT molecular complexity index is 894. The first-order valence-electron chi connectivity index (χ1n) is 10.2. The minimum Gasteiger partial charge on any atom is -0.369 e. The van der Waals surface area contributed by atoms with Crippen LogP contribution in [0.1, 0.15) is 18.1 Å². The van der Waals surface area contributed by atoms with E-state index in [1.54, 1.807) is 6.07 Å². The number of carbonyl (C=O) groups excluding carboxylic acids is 2. The van der Waals surface area contributed by atoms with Gasteiger partial charge in [0.25, 0.3) is 0 Å². The topological polar surface area (TPSA) is 52.7 Å². The standard InChI is InChI=1S/C23H26F3N3O2/c1-17(30)21(14-18-6-3-2-4-7-18)27-22(31)16-28-10-12-29(13-11-28)20-9-5-8-19(15-20)23(24,25)26/h2-9,15,21H,10-14,16H2,1H3,(H,27,31). The van der Waals surface area contributed by atoms with Crippen molar-refractivity contribution in [2.75, 3.05) is 37.6 Å². The maximum absolute atomic E-state index is 12.9. The third-order valence-corrected chi connectivity index (χ3v) is 5.39. The summed E-state index contributed by atoms with van der Waals surface area (Å²) in [5.41, 5.74) is 0.830. The van der Waals surface area contributed by atoms with E-state index in [0.29, 0.717) is 38.3 Å². The van der Waals surface area contributed by atoms with E-state index in [-0.39, 0.29) is 18.2 Å². The van der Waals surface area contributed by atoms with Gasteiger partial charge >= 0.3 is 6.18 Å². The molecule has 1 unspecified atom stereocenters. The Morgan fingerprint density at radius 1 is 1.00 bits per heavy atom. The fraction of sp³-hybridized carbons (Fsp3) is 0.391. The maximum Gasteiger partial charge on any atom is 0.416 e. The van der Waals surface area contributed by atoms with Crippen LogP contribution in [0.5, 0.6) is 0 Å². The fourth-order valence-electron chi connectivity index (χ4n) is 3.63. The van der Waals surface area contributed by atoms with Crippen molar-refractivity contribution < 1.29 is 22.8 Å². The summed E-state index contributed by atoms with van der Waals surface area (Å²) in [5, 5.41) is 2.81. The van der Waals surface area contributed by atoms with Gasteiger partial charge in [-0.3, -0.25) is 14.5 Å². The number of rotatable bonds is 7. The summed E-state index contributed by atoms with van der Waals surface area (Å²) in [7, 11) is 0. The lowest BCUT2D eigenvalue weighted by molar-refractivity contribution is -0.137. The minimum atomic E-state index is -4.37. The van der Waals surface area contributed by atoms with E-state index < -0.39 is 17.8 Å². The third kappa shape index (κ3) is 6.55. The molecular formula is C23H26F3N3O2. The zero-order valence-corrected chi connectivity index (χ0v) is 17.4. The number of benzene rings is 2. The summed E-state index contributed by atoms with van der Waals surface area (Å²) >= 11 is 0. The number of hydrogen-bond donors (Lipinski definition) is 1. The van der Waals surface area contributed by atoms with E-state index in [9.17, 15) is 22.8 Å². The van der Waals surface area contributed by atoms with E-state index >= 15 is 0 Å². The number of ketones is 1. The summed E-state index contributed by atoms with van der Waals surface area (Å²) in [6, 6.07) is 14.2. The number of Topliss-reactive ketones (excluding diaryl/α,β-unsaturated/α-hetero) is 1. The van der Waals surface area contributed by atoms with E-state index in [4.69, 9.17) is 0 Å². The van der Waals surface area contributed by atoms with Crippen molar-refractivity contribution in [2.24, 2.45) is 0 Å². The van der Waals surface area contributed by atoms with Gasteiger partial charge < -0.3 is 10.2 Å². The quantitative estimate of drug-likeness (QED) is 0.729. The number of nitrogens with one attached hydrogen (secondary N) is 1. The number of nitrogens with zero attached hydrogens (tertiary/aromatic N) is 2. The molecule has 1 N–H and O–H groups in total. The van der Waals surface area contributed by atoms with Gasteiger partial charge in [-0.1, -0.05) is 36.4 Å². The van der Waals surface area contributed by atoms with Gasteiger partial charge in [0.1, 0.15) is 0 Å². The molecule has 8 heteroatoms. The molecule has 0 aliphatic carbocycles. The van der Waals surface area contributed by atoms with Crippen LogP contribution in [0.3, 0.4) is 0 Å². The molecule has 1 aliphatic rings. The van der Waals surface area contributed by atoms with Crippen molar-refractivity contribution in [1.82, 2.24) is 10.2 Å². The lowest BCUT2D eigenvalue weighted by Crippen LogP contribution is -2.51. The molecule has 3 rings (SSSR count). The molecule has 1 fully saturated rings. The average Bonchev–Trinajstić information content (AvgIpc) is 2.74. The zero-order valence-electron chi connectivity index (χ0n) is 17.4. The van der Waals surface area contributed by atoms with Crippen molar-refractivity contribution in [3.63, 3.8) is 0 Å². The first-order chi connectivity index (χ1) is 14.7. The Hall–Kier alpha value is -2.87. The number of carbonyl (C=O) groups is 2. The summed E-state index contributed by atoms with van der Waals surface area (Å²) < 4.78 is 38.8. The van der Waals surface area contributed by atoms with Gasteiger partial charge in [0, 0.05) is 31.9 Å². The molecule has 1 heterocycles. The van der Waals surface area contributed by atoms with Crippen molar-refractivity contribution >= 4 is 17.4 Å². The van der Waals surface area contributed by atoms with Crippen LogP contribution in [0.25, 0.3) is 0 Å². The molecule has 0 bridgehead atoms. The second kappa shape index (κ2) is 9.96. The van der Waals surface area contributed by atoms with E-state index in [0.717, 1.165) is 17.7 Å². The number of alkyl halides is 3. The molecule has 5 nitrogen and oxygen atoms in total. The molecule has 0 spiro atoms. The van der Waals surface area contributed by atoms with Gasteiger partial charge in [-0.05, 0) is 37.1 Å². The van der Waals surface area contributed by atoms with E-state index in [2.05, 4.69) is 5.32 Å². The summed E-state index contributed by atoms with van der Waals surface area (Å²) in [5.74, 6) is -0.338. The van der Waals surface area contributed by atoms with Crippen molar-refractivity contribution in [3.8, 4) is 0 Å². The molecule has 1 aliphatic heterocycles. The van der Waals surface area contributed by atoms with Gasteiger partial charge in [0.15, 0.2) is 5.78 Å². The minimum absolute atomic E-state index is 0.105. The molecule has 0 saturated carbocycles. The third-order valence-electron chi connectivity index (χ3n) is 5.39. The maximum atomic E-state index is 12.9. The Balaban J connectivity index is 1.51. The molecule has 2 aromatic rings. The van der Waals surface area contributed by atoms with Crippen LogP contribution in [0.15, 0.2) is 54.6 Å². The first-order valence-corrected chi connectivity index (χ1v) is 10.2. The molecule has 2 aromatic carbocycles. The highest BCUT2D eigenvalue weighted by atomic mass is 19.4. The first kappa shape index (κ1) is 22.8. The predicted octanol–water partition coefficient (Wildman–Crippen LogP) is 3.14. The number of amides is 1. The Morgan fingerprint density at radius 2 is 1.68 bits per heavy atom. The molecule has 1 saturated heterocycles. The van der Waals surface area contributed by atoms with Crippen LogP contribution in [0.2, 0.25) is 0 Å². The second-order valence-corrected chi connectivity index (χ2v) is 7.73. The van der Waals surface area contributed by atoms with E-state index in [1.807, 2.05) is 40.1 Å². The average molecular weight is 433 g/mol. The SMILES string of the molecule is CC(=O)C(Cc1ccccc1)NC(=O)CN1CCN(c2cccc(C(F)(F)F)c2)CC1. The molecule has 166 valence electrons. The van der Waals surface area contributed by atoms with Gasteiger partial charge in [-0.25, -0.2) is 0 Å². The molecular weight excluding hydrogens is 407 g/mol. The van der Waals surface area contributed by atoms with Crippen LogP contribution in [0, 0.1) is 0 Å². The predicted molar refractivity (Wildman–Crippen MR) is 113 cm³/mol. The van der Waals surface area contributed by atoms with Crippen LogP contribution in [-0.4, -0.2) is 55.4 Å². The van der Waals surface area contributed by atoms with Crippen LogP contribution in [-0.2, 0) is 22.2 Å². The highest BCUT2D eigenvalue weighted by Gasteiger charge is 2.31. The Morgan fingerprint density at radius 3 is 2.29 bits per heavy atom. The lowest BCUT2D eigenvalue weighted by atomic mass is 10.0. The number of piperazine rings is 1. The van der Waals surface area contributed by atoms with Gasteiger partial charge in [0.2, 0.25) is 5.91 Å². The monoisotopic (exact) mass is 433 g/mol. The van der Waals surface area contributed by atoms with Crippen molar-refractivity contribution in [3.05, 3.63) is 65.7 Å². The molecule has 0 aromatic heterocycles. The molecule has 0 radical (unpaired) electrons. The normalized spacial score (nSPS) is 16.1. The highest BCUT2D eigenvalue weighted by Crippen LogP contribution is 2.31. The second-order valence-electron chi connectivity index (χ2n) is 7.73. The van der Waals surface area contributed by atoms with Gasteiger partial charge in [-0.2, -0.15) is 13.2 Å². The molecule has 1 amide bonds. The number of hydrogen-bond acceptors (Lipinski definition) is 4. The van der Waals surface area contributed by atoms with Crippen LogP contribution >= 0.6 is 0 Å². The van der Waals surface area contributed by atoms with Crippen LogP contribution < -0.4 is 10.2 Å². The zero-order chi connectivity index (χ0) is 22.4. The molecule has 31 heavy (non-hydrogen) atoms. The molecule has 1 atom stereocenters. The van der Waals surface area contributed by atoms with Gasteiger partial charge in [0.05, 0.1) is 18.2 Å².